The maximum Gasteiger partial charge on any atom is 0.218 e. The van der Waals surface area contributed by atoms with E-state index in [1.165, 1.54) is 96.3 Å². The average molecular weight is 424 g/mol. The van der Waals surface area contributed by atoms with Crippen molar-refractivity contribution in [3.63, 3.8) is 0 Å². The second kappa shape index (κ2) is 18.8. The van der Waals surface area contributed by atoms with E-state index in [-0.39, 0.29) is 6.15 Å². The van der Waals surface area contributed by atoms with Crippen LogP contribution >= 0.6 is 0 Å². The van der Waals surface area contributed by atoms with E-state index in [4.69, 9.17) is 0 Å². The summed E-state index contributed by atoms with van der Waals surface area (Å²) in [6.45, 7) is 5.59. The van der Waals surface area contributed by atoms with Crippen molar-refractivity contribution < 1.29 is 17.2 Å². The van der Waals surface area contributed by atoms with Crippen LogP contribution in [0.25, 0.3) is 0 Å². The van der Waals surface area contributed by atoms with Crippen molar-refractivity contribution in [1.29, 1.82) is 0 Å². The molecule has 0 heterocycles. The Labute approximate surface area is 175 Å². The van der Waals surface area contributed by atoms with Crippen molar-refractivity contribution in [2.45, 2.75) is 142 Å². The molecular weight excluding hydrogens is 374 g/mol. The smallest absolute Gasteiger partial charge is 0.218 e. The van der Waals surface area contributed by atoms with Crippen LogP contribution in [0.5, 0.6) is 0 Å². The van der Waals surface area contributed by atoms with E-state index in [2.05, 4.69) is 11.1 Å². The second-order valence-corrected chi connectivity index (χ2v) is 9.64. The highest BCUT2D eigenvalue weighted by atomic mass is 32.3. The van der Waals surface area contributed by atoms with Crippen LogP contribution in [0.4, 0.5) is 0 Å². The van der Waals surface area contributed by atoms with Crippen molar-refractivity contribution in [1.82, 2.24) is 6.15 Å². The van der Waals surface area contributed by atoms with Crippen LogP contribution < -0.4 is 6.15 Å². The zero-order valence-corrected chi connectivity index (χ0v) is 20.1. The van der Waals surface area contributed by atoms with Gasteiger partial charge in [0.25, 0.3) is 0 Å². The summed E-state index contributed by atoms with van der Waals surface area (Å²) < 4.78 is 36.5. The molecule has 4 N–H and O–H groups in total. The van der Waals surface area contributed by atoms with Crippen molar-refractivity contribution in [3.05, 3.63) is 0 Å². The lowest BCUT2D eigenvalue weighted by Gasteiger charge is -2.26. The number of unbranched alkanes of at least 4 members (excludes halogenated alkanes) is 16. The Morgan fingerprint density at radius 2 is 0.929 bits per heavy atom. The minimum Gasteiger partial charge on any atom is -0.726 e. The summed E-state index contributed by atoms with van der Waals surface area (Å²) in [4.78, 5) is 0. The number of quaternary nitrogens is 1. The Morgan fingerprint density at radius 1 is 0.643 bits per heavy atom. The lowest BCUT2D eigenvalue weighted by atomic mass is 9.99. The molecule has 0 fully saturated rings. The molecule has 172 valence electrons. The largest absolute Gasteiger partial charge is 0.726 e. The average Bonchev–Trinajstić information content (AvgIpc) is 2.55. The zero-order chi connectivity index (χ0) is 20.4. The Hall–Kier alpha value is -0.170. The van der Waals surface area contributed by atoms with Gasteiger partial charge in [-0.25, -0.2) is 8.42 Å². The molecular formula is C22H49NO4S. The Kier molecular flexibility index (Phi) is 20.2. The van der Waals surface area contributed by atoms with Crippen LogP contribution in [0.15, 0.2) is 0 Å². The fraction of sp³-hybridized carbons (Fsp3) is 1.00. The first-order valence-corrected chi connectivity index (χ1v) is 12.8. The first-order valence-electron chi connectivity index (χ1n) is 11.4. The third kappa shape index (κ3) is 23.9. The molecule has 0 aromatic rings. The number of hydrogen-bond donors (Lipinski definition) is 1. The van der Waals surface area contributed by atoms with Gasteiger partial charge in [0.05, 0.1) is 5.60 Å². The fourth-order valence-corrected chi connectivity index (χ4v) is 4.23. The summed E-state index contributed by atoms with van der Waals surface area (Å²) in [5.74, 6) is 0. The van der Waals surface area contributed by atoms with E-state index in [9.17, 15) is 13.0 Å². The van der Waals surface area contributed by atoms with Crippen LogP contribution in [-0.4, -0.2) is 18.6 Å². The van der Waals surface area contributed by atoms with E-state index in [0.29, 0.717) is 6.42 Å². The highest BCUT2D eigenvalue weighted by molar-refractivity contribution is 7.80. The summed E-state index contributed by atoms with van der Waals surface area (Å²) >= 11 is 0. The molecule has 0 rings (SSSR count). The molecule has 0 saturated heterocycles. The third-order valence-corrected chi connectivity index (χ3v) is 5.87. The molecule has 0 unspecified atom stereocenters. The Balaban J connectivity index is 0. The van der Waals surface area contributed by atoms with E-state index in [0.717, 1.165) is 12.8 Å². The van der Waals surface area contributed by atoms with E-state index in [1.54, 1.807) is 13.8 Å². The Morgan fingerprint density at radius 3 is 1.21 bits per heavy atom. The third-order valence-electron chi connectivity index (χ3n) is 5.21. The van der Waals surface area contributed by atoms with Gasteiger partial charge < -0.3 is 10.7 Å². The van der Waals surface area contributed by atoms with Gasteiger partial charge in [-0.05, 0) is 20.3 Å². The molecule has 28 heavy (non-hydrogen) atoms. The first kappa shape index (κ1) is 30.0. The van der Waals surface area contributed by atoms with Crippen LogP contribution in [0.2, 0.25) is 0 Å². The first-order chi connectivity index (χ1) is 12.8. The number of rotatable bonds is 20. The van der Waals surface area contributed by atoms with Gasteiger partial charge in [-0.3, -0.25) is 4.18 Å². The molecule has 6 heteroatoms. The normalized spacial score (nSPS) is 12.1. The summed E-state index contributed by atoms with van der Waals surface area (Å²) in [6.07, 6.45) is 23.0. The second-order valence-electron chi connectivity index (χ2n) is 8.66. The minimum absolute atomic E-state index is 0. The van der Waals surface area contributed by atoms with Gasteiger partial charge in [0.2, 0.25) is 10.4 Å². The van der Waals surface area contributed by atoms with Crippen LogP contribution in [0.1, 0.15) is 136 Å². The molecule has 0 aliphatic rings. The van der Waals surface area contributed by atoms with Gasteiger partial charge >= 0.3 is 0 Å². The SMILES string of the molecule is CCCCCCCCCCCCCCCCCCCC(C)(C)OS(=O)(=O)[O-].[NH4+]. The summed E-state index contributed by atoms with van der Waals surface area (Å²) in [5.41, 5.74) is -0.879. The molecule has 0 aromatic carbocycles. The van der Waals surface area contributed by atoms with Crippen LogP contribution in [0.3, 0.4) is 0 Å². The molecule has 0 aliphatic carbocycles. The minimum atomic E-state index is -4.60. The molecule has 5 nitrogen and oxygen atoms in total. The predicted octanol–water partition coefficient (Wildman–Crippen LogP) is 7.66. The van der Waals surface area contributed by atoms with Crippen molar-refractivity contribution in [2.24, 2.45) is 0 Å². The maximum atomic E-state index is 10.7. The molecule has 0 bridgehead atoms. The van der Waals surface area contributed by atoms with Gasteiger partial charge in [0.15, 0.2) is 0 Å². The lowest BCUT2D eigenvalue weighted by molar-refractivity contribution is 0.0856. The standard InChI is InChI=1S/C22H46O4S.H3N/c1-4-5-6-7-8-9-10-11-12-13-14-15-16-17-18-19-20-21-22(2,3)26-27(23,24)25;/h4-21H2,1-3H3,(H,23,24,25);1H3. The molecule has 0 amide bonds. The van der Waals surface area contributed by atoms with Crippen LogP contribution in [-0.2, 0) is 14.6 Å². The zero-order valence-electron chi connectivity index (χ0n) is 19.3. The summed E-state index contributed by atoms with van der Waals surface area (Å²) in [7, 11) is -4.60. The van der Waals surface area contributed by atoms with Gasteiger partial charge in [-0.1, -0.05) is 116 Å². The van der Waals surface area contributed by atoms with Crippen LogP contribution in [0, 0.1) is 0 Å². The van der Waals surface area contributed by atoms with E-state index in [1.807, 2.05) is 0 Å². The van der Waals surface area contributed by atoms with Gasteiger partial charge in [-0.15, -0.1) is 0 Å². The lowest BCUT2D eigenvalue weighted by Crippen LogP contribution is -2.27. The molecule has 0 saturated carbocycles. The predicted molar refractivity (Wildman–Crippen MR) is 120 cm³/mol. The monoisotopic (exact) mass is 423 g/mol. The van der Waals surface area contributed by atoms with E-state index < -0.39 is 16.0 Å². The maximum absolute atomic E-state index is 10.7. The van der Waals surface area contributed by atoms with Gasteiger partial charge in [0.1, 0.15) is 0 Å². The highest BCUT2D eigenvalue weighted by Crippen LogP contribution is 2.21. The fourth-order valence-electron chi connectivity index (χ4n) is 3.59. The van der Waals surface area contributed by atoms with Gasteiger partial charge in [0, 0.05) is 0 Å². The summed E-state index contributed by atoms with van der Waals surface area (Å²) in [5, 5.41) is 0. The molecule has 0 radical (unpaired) electrons. The molecule has 0 atom stereocenters. The van der Waals surface area contributed by atoms with Crippen molar-refractivity contribution >= 4 is 10.4 Å². The Bertz CT molecular complexity index is 424. The molecule has 0 aliphatic heterocycles. The highest BCUT2D eigenvalue weighted by Gasteiger charge is 2.21. The van der Waals surface area contributed by atoms with Gasteiger partial charge in [-0.2, -0.15) is 0 Å². The molecule has 0 spiro atoms. The molecule has 0 aromatic heterocycles. The van der Waals surface area contributed by atoms with Crippen molar-refractivity contribution in [2.75, 3.05) is 0 Å². The van der Waals surface area contributed by atoms with Crippen molar-refractivity contribution in [3.8, 4) is 0 Å². The quantitative estimate of drug-likeness (QED) is 0.123. The van der Waals surface area contributed by atoms with E-state index >= 15 is 0 Å². The summed E-state index contributed by atoms with van der Waals surface area (Å²) in [6, 6.07) is 0. The number of hydrogen-bond acceptors (Lipinski definition) is 4. The topological polar surface area (TPSA) is 103 Å².